The van der Waals surface area contributed by atoms with Crippen molar-refractivity contribution in [2.75, 3.05) is 13.2 Å². The Labute approximate surface area is 98.6 Å². The lowest BCUT2D eigenvalue weighted by Gasteiger charge is -2.28. The van der Waals surface area contributed by atoms with Crippen molar-refractivity contribution >= 4 is 6.09 Å². The monoisotopic (exact) mass is 225 g/mol. The largest absolute Gasteiger partial charge is 0.448 e. The van der Waals surface area contributed by atoms with Crippen molar-refractivity contribution in [2.24, 2.45) is 11.3 Å². The van der Waals surface area contributed by atoms with Crippen molar-refractivity contribution < 1.29 is 9.53 Å². The molecule has 1 N–H and O–H groups in total. The van der Waals surface area contributed by atoms with Gasteiger partial charge in [-0.15, -0.1) is 13.2 Å². The summed E-state index contributed by atoms with van der Waals surface area (Å²) in [4.78, 5) is 11.2. The van der Waals surface area contributed by atoms with Gasteiger partial charge in [0, 0.05) is 12.0 Å². The first-order valence-corrected chi connectivity index (χ1v) is 5.67. The van der Waals surface area contributed by atoms with Gasteiger partial charge in [-0.3, -0.25) is 0 Å². The molecule has 16 heavy (non-hydrogen) atoms. The number of hydrogen-bond acceptors (Lipinski definition) is 2. The van der Waals surface area contributed by atoms with Crippen LogP contribution in [0.2, 0.25) is 0 Å². The minimum absolute atomic E-state index is 0.296. The minimum atomic E-state index is -0.390. The fraction of sp³-hybridized carbons (Fsp3) is 0.615. The third kappa shape index (κ3) is 5.01. The number of hydrogen-bond donors (Lipinski definition) is 1. The van der Waals surface area contributed by atoms with Crippen LogP contribution < -0.4 is 5.32 Å². The summed E-state index contributed by atoms with van der Waals surface area (Å²) in [6, 6.07) is 0. The molecule has 0 bridgehead atoms. The molecule has 0 aliphatic carbocycles. The summed E-state index contributed by atoms with van der Waals surface area (Å²) >= 11 is 0. The lowest BCUT2D eigenvalue weighted by atomic mass is 9.81. The molecule has 0 atom stereocenters. The van der Waals surface area contributed by atoms with E-state index >= 15 is 0 Å². The highest BCUT2D eigenvalue weighted by Gasteiger charge is 2.25. The number of rotatable bonds is 7. The van der Waals surface area contributed by atoms with Gasteiger partial charge in [-0.25, -0.2) is 4.79 Å². The van der Waals surface area contributed by atoms with Crippen LogP contribution in [0.4, 0.5) is 4.79 Å². The molecule has 0 aromatic rings. The summed E-state index contributed by atoms with van der Waals surface area (Å²) in [6.45, 7) is 14.5. The second-order valence-electron chi connectivity index (χ2n) is 4.35. The topological polar surface area (TPSA) is 38.3 Å². The molecule has 0 radical (unpaired) electrons. The van der Waals surface area contributed by atoms with Crippen LogP contribution in [-0.2, 0) is 4.74 Å². The predicted molar refractivity (Wildman–Crippen MR) is 67.3 cm³/mol. The SMILES string of the molecule is C=CC(C=C)(COC(=O)NCC)CC(C)C. The van der Waals surface area contributed by atoms with Gasteiger partial charge in [0.25, 0.3) is 0 Å². The molecule has 1 amide bonds. The van der Waals surface area contributed by atoms with Gasteiger partial charge in [0.2, 0.25) is 0 Å². The Hall–Kier alpha value is -1.25. The Bertz CT molecular complexity index is 238. The van der Waals surface area contributed by atoms with E-state index in [1.54, 1.807) is 12.2 Å². The number of alkyl carbamates (subject to hydrolysis) is 1. The summed E-state index contributed by atoms with van der Waals surface area (Å²) in [5.41, 5.74) is -0.320. The summed E-state index contributed by atoms with van der Waals surface area (Å²) in [5, 5.41) is 2.59. The van der Waals surface area contributed by atoms with Crippen LogP contribution in [0.15, 0.2) is 25.3 Å². The van der Waals surface area contributed by atoms with Crippen LogP contribution in [0, 0.1) is 11.3 Å². The molecule has 0 fully saturated rings. The maximum absolute atomic E-state index is 11.2. The molecular formula is C13H23NO2. The van der Waals surface area contributed by atoms with E-state index < -0.39 is 0 Å². The van der Waals surface area contributed by atoms with Crippen molar-refractivity contribution in [1.29, 1.82) is 0 Å². The zero-order chi connectivity index (χ0) is 12.6. The van der Waals surface area contributed by atoms with Crippen LogP contribution in [-0.4, -0.2) is 19.2 Å². The van der Waals surface area contributed by atoms with E-state index in [0.29, 0.717) is 19.1 Å². The molecule has 0 heterocycles. The van der Waals surface area contributed by atoms with E-state index in [2.05, 4.69) is 32.3 Å². The first-order valence-electron chi connectivity index (χ1n) is 5.67. The maximum atomic E-state index is 11.2. The molecule has 0 saturated carbocycles. The fourth-order valence-corrected chi connectivity index (χ4v) is 1.58. The first-order chi connectivity index (χ1) is 7.49. The van der Waals surface area contributed by atoms with Crippen molar-refractivity contribution in [1.82, 2.24) is 5.32 Å². The Kier molecular flexibility index (Phi) is 6.54. The third-order valence-electron chi connectivity index (χ3n) is 2.39. The lowest BCUT2D eigenvalue weighted by molar-refractivity contribution is 0.112. The van der Waals surface area contributed by atoms with Crippen molar-refractivity contribution in [3.8, 4) is 0 Å². The summed E-state index contributed by atoms with van der Waals surface area (Å²) in [6.07, 6.45) is 4.09. The van der Waals surface area contributed by atoms with Gasteiger partial charge < -0.3 is 10.1 Å². The van der Waals surface area contributed by atoms with Gasteiger partial charge in [-0.05, 0) is 19.3 Å². The van der Waals surface area contributed by atoms with Gasteiger partial charge in [0.05, 0.1) is 0 Å². The molecule has 0 unspecified atom stereocenters. The Balaban J connectivity index is 4.37. The normalized spacial score (nSPS) is 11.0. The molecule has 3 nitrogen and oxygen atoms in total. The fourth-order valence-electron chi connectivity index (χ4n) is 1.58. The highest BCUT2D eigenvalue weighted by atomic mass is 16.5. The van der Waals surface area contributed by atoms with Crippen molar-refractivity contribution in [3.05, 3.63) is 25.3 Å². The van der Waals surface area contributed by atoms with Crippen LogP contribution in [0.25, 0.3) is 0 Å². The molecule has 0 saturated heterocycles. The van der Waals surface area contributed by atoms with E-state index in [1.807, 2.05) is 6.92 Å². The predicted octanol–water partition coefficient (Wildman–Crippen LogP) is 3.14. The van der Waals surface area contributed by atoms with Gasteiger partial charge in [0.15, 0.2) is 0 Å². The van der Waals surface area contributed by atoms with Crippen LogP contribution in [0.3, 0.4) is 0 Å². The molecule has 0 aromatic carbocycles. The molecule has 0 aliphatic heterocycles. The third-order valence-corrected chi connectivity index (χ3v) is 2.39. The number of carbonyl (C=O) groups excluding carboxylic acids is 1. The van der Waals surface area contributed by atoms with Crippen LogP contribution in [0.1, 0.15) is 27.2 Å². The summed E-state index contributed by atoms with van der Waals surface area (Å²) in [5.74, 6) is 0.494. The highest BCUT2D eigenvalue weighted by molar-refractivity contribution is 5.67. The smallest absolute Gasteiger partial charge is 0.407 e. The highest BCUT2D eigenvalue weighted by Crippen LogP contribution is 2.29. The molecule has 0 aliphatic rings. The van der Waals surface area contributed by atoms with Gasteiger partial charge >= 0.3 is 6.09 Å². The first kappa shape index (κ1) is 14.8. The zero-order valence-corrected chi connectivity index (χ0v) is 10.6. The average molecular weight is 225 g/mol. The van der Waals surface area contributed by atoms with Crippen LogP contribution in [0.5, 0.6) is 0 Å². The molecule has 0 spiro atoms. The second-order valence-corrected chi connectivity index (χ2v) is 4.35. The number of amides is 1. The molecule has 3 heteroatoms. The lowest BCUT2D eigenvalue weighted by Crippen LogP contribution is -2.30. The number of ether oxygens (including phenoxy) is 1. The number of nitrogens with one attached hydrogen (secondary N) is 1. The standard InChI is InChI=1S/C13H23NO2/c1-6-13(7-2,9-11(4)5)10-16-12(15)14-8-3/h6-7,11H,1-2,8-10H2,3-5H3,(H,14,15). The molecule has 0 aromatic heterocycles. The molecule has 92 valence electrons. The Morgan fingerprint density at radius 2 is 2.00 bits per heavy atom. The van der Waals surface area contributed by atoms with E-state index in [1.165, 1.54) is 0 Å². The van der Waals surface area contributed by atoms with E-state index in [0.717, 1.165) is 6.42 Å². The molecule has 0 rings (SSSR count). The van der Waals surface area contributed by atoms with E-state index in [9.17, 15) is 4.79 Å². The Morgan fingerprint density at radius 3 is 2.38 bits per heavy atom. The van der Waals surface area contributed by atoms with E-state index in [4.69, 9.17) is 4.74 Å². The zero-order valence-electron chi connectivity index (χ0n) is 10.6. The minimum Gasteiger partial charge on any atom is -0.448 e. The van der Waals surface area contributed by atoms with E-state index in [-0.39, 0.29) is 11.5 Å². The Morgan fingerprint density at radius 1 is 1.44 bits per heavy atom. The summed E-state index contributed by atoms with van der Waals surface area (Å²) < 4.78 is 5.14. The van der Waals surface area contributed by atoms with Crippen LogP contribution >= 0.6 is 0 Å². The number of carbonyl (C=O) groups is 1. The second kappa shape index (κ2) is 7.09. The van der Waals surface area contributed by atoms with Crippen molar-refractivity contribution in [2.45, 2.75) is 27.2 Å². The maximum Gasteiger partial charge on any atom is 0.407 e. The van der Waals surface area contributed by atoms with Gasteiger partial charge in [0.1, 0.15) is 6.61 Å². The van der Waals surface area contributed by atoms with Crippen molar-refractivity contribution in [3.63, 3.8) is 0 Å². The average Bonchev–Trinajstić information content (AvgIpc) is 2.24. The quantitative estimate of drug-likeness (QED) is 0.676. The van der Waals surface area contributed by atoms with Gasteiger partial charge in [-0.1, -0.05) is 26.0 Å². The molecular weight excluding hydrogens is 202 g/mol. The summed E-state index contributed by atoms with van der Waals surface area (Å²) in [7, 11) is 0. The van der Waals surface area contributed by atoms with Gasteiger partial charge in [-0.2, -0.15) is 0 Å².